The first-order chi connectivity index (χ1) is 10.3. The number of nitrogens with zero attached hydrogens (tertiary/aromatic N) is 1. The predicted molar refractivity (Wildman–Crippen MR) is 90.0 cm³/mol. The van der Waals surface area contributed by atoms with Crippen molar-refractivity contribution in [2.75, 3.05) is 5.75 Å². The van der Waals surface area contributed by atoms with Crippen LogP contribution in [0.2, 0.25) is 0 Å². The van der Waals surface area contributed by atoms with Crippen LogP contribution in [0, 0.1) is 11.3 Å². The molecule has 2 aromatic carbocycles. The Balaban J connectivity index is 1.97. The molecule has 4 heteroatoms. The van der Waals surface area contributed by atoms with Gasteiger partial charge in [0.2, 0.25) is 0 Å². The van der Waals surface area contributed by atoms with Crippen LogP contribution < -0.4 is 0 Å². The zero-order chi connectivity index (χ0) is 14.7. The molecule has 21 heavy (non-hydrogen) atoms. The van der Waals surface area contributed by atoms with Crippen molar-refractivity contribution < 1.29 is 0 Å². The highest BCUT2D eigenvalue weighted by Gasteiger charge is 2.10. The van der Waals surface area contributed by atoms with E-state index in [4.69, 9.17) is 0 Å². The number of hydrogen-bond donors (Lipinski definition) is 1. The van der Waals surface area contributed by atoms with Gasteiger partial charge in [0.05, 0.1) is 10.6 Å². The van der Waals surface area contributed by atoms with Gasteiger partial charge in [-0.15, -0.1) is 11.8 Å². The van der Waals surface area contributed by atoms with Crippen LogP contribution in [0.3, 0.4) is 0 Å². The van der Waals surface area contributed by atoms with Crippen LogP contribution in [0.4, 0.5) is 0 Å². The minimum atomic E-state index is 0.771. The van der Waals surface area contributed by atoms with Crippen molar-refractivity contribution in [2.45, 2.75) is 21.7 Å². The summed E-state index contributed by atoms with van der Waals surface area (Å²) in [5, 5.41) is 11.7. The van der Waals surface area contributed by atoms with Gasteiger partial charge in [-0.3, -0.25) is 0 Å². The quantitative estimate of drug-likeness (QED) is 0.664. The fourth-order valence-electron chi connectivity index (χ4n) is 2.20. The van der Waals surface area contributed by atoms with E-state index in [1.165, 1.54) is 5.39 Å². The standard InChI is InChI=1S/C17H14N2S2/c1-2-20-15-8-5-9-16(13(15)11-18)21-17-10-12-6-3-4-7-14(12)19-17/h3-10,19H,2H2,1H3. The van der Waals surface area contributed by atoms with Crippen LogP contribution >= 0.6 is 23.5 Å². The first kappa shape index (κ1) is 14.1. The van der Waals surface area contributed by atoms with Crippen LogP contribution in [-0.2, 0) is 0 Å². The van der Waals surface area contributed by atoms with Gasteiger partial charge in [-0.1, -0.05) is 43.0 Å². The number of benzene rings is 2. The fraction of sp³-hybridized carbons (Fsp3) is 0.118. The monoisotopic (exact) mass is 310 g/mol. The number of H-pyrrole nitrogens is 1. The summed E-state index contributed by atoms with van der Waals surface area (Å²) in [4.78, 5) is 5.45. The largest absolute Gasteiger partial charge is 0.349 e. The van der Waals surface area contributed by atoms with Gasteiger partial charge in [0.1, 0.15) is 6.07 Å². The first-order valence-corrected chi connectivity index (χ1v) is 8.53. The molecule has 0 spiro atoms. The van der Waals surface area contributed by atoms with Gasteiger partial charge in [0, 0.05) is 20.7 Å². The molecule has 1 aromatic heterocycles. The van der Waals surface area contributed by atoms with Gasteiger partial charge < -0.3 is 4.98 Å². The lowest BCUT2D eigenvalue weighted by atomic mass is 10.2. The number of nitriles is 1. The molecule has 0 fully saturated rings. The number of thioether (sulfide) groups is 1. The Morgan fingerprint density at radius 2 is 1.90 bits per heavy atom. The smallest absolute Gasteiger partial charge is 0.102 e. The van der Waals surface area contributed by atoms with Crippen LogP contribution in [0.5, 0.6) is 0 Å². The van der Waals surface area contributed by atoms with E-state index in [-0.39, 0.29) is 0 Å². The SMILES string of the molecule is CCSc1cccc(Sc2cc3ccccc3[nH]2)c1C#N. The summed E-state index contributed by atoms with van der Waals surface area (Å²) < 4.78 is 0. The van der Waals surface area contributed by atoms with Gasteiger partial charge >= 0.3 is 0 Å². The van der Waals surface area contributed by atoms with Crippen molar-refractivity contribution in [2.24, 2.45) is 0 Å². The second kappa shape index (κ2) is 6.30. The van der Waals surface area contributed by atoms with Crippen molar-refractivity contribution in [1.29, 1.82) is 5.26 Å². The van der Waals surface area contributed by atoms with Crippen molar-refractivity contribution in [3.63, 3.8) is 0 Å². The zero-order valence-corrected chi connectivity index (χ0v) is 13.2. The van der Waals surface area contributed by atoms with E-state index in [0.29, 0.717) is 0 Å². The number of fused-ring (bicyclic) bond motifs is 1. The molecule has 104 valence electrons. The molecular formula is C17H14N2S2. The topological polar surface area (TPSA) is 39.6 Å². The van der Waals surface area contributed by atoms with E-state index < -0.39 is 0 Å². The Hall–Kier alpha value is -1.83. The second-order valence-corrected chi connectivity index (χ2v) is 6.89. The predicted octanol–water partition coefficient (Wildman–Crippen LogP) is 5.30. The molecule has 0 aliphatic carbocycles. The molecule has 2 nitrogen and oxygen atoms in total. The molecule has 1 heterocycles. The van der Waals surface area contributed by atoms with Crippen molar-refractivity contribution in [1.82, 2.24) is 4.98 Å². The zero-order valence-electron chi connectivity index (χ0n) is 11.6. The second-order valence-electron chi connectivity index (χ2n) is 4.50. The first-order valence-electron chi connectivity index (χ1n) is 6.73. The molecule has 1 N–H and O–H groups in total. The van der Waals surface area contributed by atoms with Gasteiger partial charge in [-0.2, -0.15) is 5.26 Å². The maximum atomic E-state index is 9.46. The Morgan fingerprint density at radius 3 is 2.67 bits per heavy atom. The van der Waals surface area contributed by atoms with E-state index in [1.54, 1.807) is 23.5 Å². The molecule has 0 atom stereocenters. The van der Waals surface area contributed by atoms with Crippen LogP contribution in [0.15, 0.2) is 63.3 Å². The van der Waals surface area contributed by atoms with E-state index in [9.17, 15) is 5.26 Å². The molecule has 0 unspecified atom stereocenters. The normalized spacial score (nSPS) is 10.7. The lowest BCUT2D eigenvalue weighted by Crippen LogP contribution is -1.86. The molecule has 0 radical (unpaired) electrons. The number of hydrogen-bond acceptors (Lipinski definition) is 3. The van der Waals surface area contributed by atoms with Gasteiger partial charge in [-0.25, -0.2) is 0 Å². The average Bonchev–Trinajstić information content (AvgIpc) is 2.90. The Bertz CT molecular complexity index is 782. The molecule has 0 saturated carbocycles. The molecule has 3 rings (SSSR count). The van der Waals surface area contributed by atoms with Gasteiger partial charge in [-0.05, 0) is 30.0 Å². The third-order valence-corrected chi connectivity index (χ3v) is 5.06. The minimum absolute atomic E-state index is 0.771. The molecule has 0 amide bonds. The highest BCUT2D eigenvalue weighted by Crippen LogP contribution is 2.35. The maximum Gasteiger partial charge on any atom is 0.102 e. The average molecular weight is 310 g/mol. The van der Waals surface area contributed by atoms with Crippen molar-refractivity contribution >= 4 is 34.4 Å². The minimum Gasteiger partial charge on any atom is -0.349 e. The summed E-state index contributed by atoms with van der Waals surface area (Å²) in [6, 6.07) is 18.7. The third kappa shape index (κ3) is 2.94. The number of para-hydroxylation sites is 1. The van der Waals surface area contributed by atoms with Gasteiger partial charge in [0.25, 0.3) is 0 Å². The lowest BCUT2D eigenvalue weighted by molar-refractivity contribution is 1.21. The van der Waals surface area contributed by atoms with Crippen LogP contribution in [0.1, 0.15) is 12.5 Å². The number of nitrogens with one attached hydrogen (secondary N) is 1. The van der Waals surface area contributed by atoms with Crippen LogP contribution in [-0.4, -0.2) is 10.7 Å². The van der Waals surface area contributed by atoms with E-state index in [1.807, 2.05) is 30.3 Å². The summed E-state index contributed by atoms with van der Waals surface area (Å²) in [5.41, 5.74) is 1.89. The Morgan fingerprint density at radius 1 is 1.10 bits per heavy atom. The molecule has 0 aliphatic rings. The fourth-order valence-corrected chi connectivity index (χ4v) is 4.04. The summed E-state index contributed by atoms with van der Waals surface area (Å²) in [5.74, 6) is 0.967. The summed E-state index contributed by atoms with van der Waals surface area (Å²) in [6.07, 6.45) is 0. The molecular weight excluding hydrogens is 296 g/mol. The van der Waals surface area contributed by atoms with E-state index >= 15 is 0 Å². The van der Waals surface area contributed by atoms with E-state index in [2.05, 4.69) is 36.2 Å². The van der Waals surface area contributed by atoms with Crippen molar-refractivity contribution in [3.8, 4) is 6.07 Å². The Kier molecular flexibility index (Phi) is 4.23. The third-order valence-electron chi connectivity index (χ3n) is 3.12. The number of rotatable bonds is 4. The van der Waals surface area contributed by atoms with Gasteiger partial charge in [0.15, 0.2) is 0 Å². The van der Waals surface area contributed by atoms with Crippen LogP contribution in [0.25, 0.3) is 10.9 Å². The van der Waals surface area contributed by atoms with E-state index in [0.717, 1.165) is 31.6 Å². The molecule has 3 aromatic rings. The highest BCUT2D eigenvalue weighted by molar-refractivity contribution is 8.00. The number of aromatic nitrogens is 1. The Labute approximate surface area is 132 Å². The maximum absolute atomic E-state index is 9.46. The summed E-state index contributed by atoms with van der Waals surface area (Å²) in [6.45, 7) is 2.10. The molecule has 0 aliphatic heterocycles. The summed E-state index contributed by atoms with van der Waals surface area (Å²) in [7, 11) is 0. The lowest BCUT2D eigenvalue weighted by Gasteiger charge is -2.06. The number of aromatic amines is 1. The summed E-state index contributed by atoms with van der Waals surface area (Å²) >= 11 is 3.32. The highest BCUT2D eigenvalue weighted by atomic mass is 32.2. The van der Waals surface area contributed by atoms with Crippen molar-refractivity contribution in [3.05, 3.63) is 54.1 Å². The molecule has 0 bridgehead atoms. The molecule has 0 saturated heterocycles.